The molecule has 5 heteroatoms. The van der Waals surface area contributed by atoms with E-state index in [0.29, 0.717) is 11.6 Å². The summed E-state index contributed by atoms with van der Waals surface area (Å²) in [5.41, 5.74) is 6.65. The second kappa shape index (κ2) is 7.62. The predicted molar refractivity (Wildman–Crippen MR) is 78.0 cm³/mol. The van der Waals surface area contributed by atoms with Crippen molar-refractivity contribution in [2.75, 3.05) is 0 Å². The molecule has 0 saturated heterocycles. The lowest BCUT2D eigenvalue weighted by Gasteiger charge is -2.28. The summed E-state index contributed by atoms with van der Waals surface area (Å²) in [6, 6.07) is 7.16. The molecule has 0 aliphatic heterocycles. The molecule has 0 fully saturated rings. The number of amides is 1. The topological polar surface area (TPSA) is 46.3 Å². The maximum atomic E-state index is 11.9. The van der Waals surface area contributed by atoms with Crippen molar-refractivity contribution in [1.29, 1.82) is 0 Å². The Morgan fingerprint density at radius 1 is 1.39 bits per heavy atom. The molecule has 18 heavy (non-hydrogen) atoms. The molecule has 0 aliphatic carbocycles. The molecule has 3 nitrogen and oxygen atoms in total. The summed E-state index contributed by atoms with van der Waals surface area (Å²) in [6.07, 6.45) is 0. The van der Waals surface area contributed by atoms with Crippen LogP contribution in [0, 0.1) is 0 Å². The van der Waals surface area contributed by atoms with Crippen molar-refractivity contribution < 1.29 is 4.79 Å². The van der Waals surface area contributed by atoms with Crippen molar-refractivity contribution in [3.05, 3.63) is 34.9 Å². The van der Waals surface area contributed by atoms with Gasteiger partial charge in [-0.25, -0.2) is 0 Å². The lowest BCUT2D eigenvalue weighted by Crippen LogP contribution is -2.45. The molecule has 0 unspecified atom stereocenters. The highest BCUT2D eigenvalue weighted by Gasteiger charge is 2.20. The van der Waals surface area contributed by atoms with Gasteiger partial charge in [-0.05, 0) is 38.5 Å². The van der Waals surface area contributed by atoms with Gasteiger partial charge in [-0.15, -0.1) is 12.4 Å². The van der Waals surface area contributed by atoms with Crippen LogP contribution in [0.3, 0.4) is 0 Å². The van der Waals surface area contributed by atoms with Gasteiger partial charge in [0.15, 0.2) is 0 Å². The van der Waals surface area contributed by atoms with Crippen molar-refractivity contribution in [1.82, 2.24) is 4.90 Å². The number of rotatable bonds is 4. The quantitative estimate of drug-likeness (QED) is 0.927. The van der Waals surface area contributed by atoms with E-state index in [9.17, 15) is 4.79 Å². The summed E-state index contributed by atoms with van der Waals surface area (Å²) in [7, 11) is 0. The third-order valence-electron chi connectivity index (χ3n) is 2.54. The van der Waals surface area contributed by atoms with Crippen LogP contribution in [0.4, 0.5) is 0 Å². The standard InChI is InChI=1S/C13H19ClN2O.ClH/c1-9(2)16(13(17)10(3)15)8-11-5-4-6-12(14)7-11;/h4-7,9-10H,8,15H2,1-3H3;1H/t10-;/m0./s1. The second-order valence-electron chi connectivity index (χ2n) is 4.48. The second-order valence-corrected chi connectivity index (χ2v) is 4.91. The molecule has 1 rings (SSSR count). The van der Waals surface area contributed by atoms with Gasteiger partial charge < -0.3 is 10.6 Å². The fourth-order valence-electron chi connectivity index (χ4n) is 1.61. The smallest absolute Gasteiger partial charge is 0.239 e. The average molecular weight is 291 g/mol. The van der Waals surface area contributed by atoms with Crippen LogP contribution in [0.2, 0.25) is 5.02 Å². The molecule has 0 heterocycles. The Kier molecular flexibility index (Phi) is 7.29. The predicted octanol–water partition coefficient (Wildman–Crippen LogP) is 2.85. The largest absolute Gasteiger partial charge is 0.335 e. The molecule has 1 atom stereocenters. The molecular formula is C13H20Cl2N2O. The van der Waals surface area contributed by atoms with Gasteiger partial charge in [0.1, 0.15) is 0 Å². The van der Waals surface area contributed by atoms with E-state index in [1.165, 1.54) is 0 Å². The molecule has 1 aromatic rings. The van der Waals surface area contributed by atoms with Crippen LogP contribution >= 0.6 is 24.0 Å². The summed E-state index contributed by atoms with van der Waals surface area (Å²) >= 11 is 5.92. The lowest BCUT2D eigenvalue weighted by atomic mass is 10.1. The first kappa shape index (κ1) is 17.2. The van der Waals surface area contributed by atoms with Gasteiger partial charge >= 0.3 is 0 Å². The summed E-state index contributed by atoms with van der Waals surface area (Å²) in [5.74, 6) is -0.0417. The van der Waals surface area contributed by atoms with Crippen LogP contribution in [0.1, 0.15) is 26.3 Å². The molecule has 1 aromatic carbocycles. The molecule has 0 aliphatic rings. The lowest BCUT2D eigenvalue weighted by molar-refractivity contribution is -0.134. The molecule has 2 N–H and O–H groups in total. The minimum absolute atomic E-state index is 0. The molecule has 0 radical (unpaired) electrons. The van der Waals surface area contributed by atoms with E-state index >= 15 is 0 Å². The van der Waals surface area contributed by atoms with E-state index in [0.717, 1.165) is 5.56 Å². The third kappa shape index (κ3) is 4.84. The third-order valence-corrected chi connectivity index (χ3v) is 2.77. The zero-order valence-corrected chi connectivity index (χ0v) is 12.5. The van der Waals surface area contributed by atoms with Crippen molar-refractivity contribution in [2.45, 2.75) is 39.4 Å². The first-order chi connectivity index (χ1) is 7.91. The van der Waals surface area contributed by atoms with Crippen molar-refractivity contribution in [3.63, 3.8) is 0 Å². The fraction of sp³-hybridized carbons (Fsp3) is 0.462. The zero-order chi connectivity index (χ0) is 13.0. The van der Waals surface area contributed by atoms with Gasteiger partial charge in [0.2, 0.25) is 5.91 Å². The van der Waals surface area contributed by atoms with E-state index in [1.807, 2.05) is 38.1 Å². The van der Waals surface area contributed by atoms with Crippen molar-refractivity contribution in [3.8, 4) is 0 Å². The van der Waals surface area contributed by atoms with E-state index in [-0.39, 0.29) is 24.4 Å². The number of carbonyl (C=O) groups excluding carboxylic acids is 1. The molecule has 1 amide bonds. The highest BCUT2D eigenvalue weighted by molar-refractivity contribution is 6.30. The number of halogens is 2. The number of nitrogens with zero attached hydrogens (tertiary/aromatic N) is 1. The minimum atomic E-state index is -0.475. The molecule has 102 valence electrons. The van der Waals surface area contributed by atoms with Crippen molar-refractivity contribution >= 4 is 29.9 Å². The Morgan fingerprint density at radius 2 is 2.00 bits per heavy atom. The molecule has 0 bridgehead atoms. The van der Waals surface area contributed by atoms with Crippen LogP contribution in [0.15, 0.2) is 24.3 Å². The zero-order valence-electron chi connectivity index (χ0n) is 10.9. The summed E-state index contributed by atoms with van der Waals surface area (Å²) in [6.45, 7) is 6.20. The SMILES string of the molecule is CC(C)N(Cc1cccc(Cl)c1)C(=O)[C@H](C)N.Cl. The first-order valence-corrected chi connectivity index (χ1v) is 6.10. The van der Waals surface area contributed by atoms with Crippen LogP contribution in [-0.2, 0) is 11.3 Å². The Balaban J connectivity index is 0.00000289. The Hall–Kier alpha value is -0.770. The highest BCUT2D eigenvalue weighted by atomic mass is 35.5. The van der Waals surface area contributed by atoms with Crippen molar-refractivity contribution in [2.24, 2.45) is 5.73 Å². The maximum absolute atomic E-state index is 11.9. The Bertz CT molecular complexity index is 394. The normalized spacial score (nSPS) is 11.9. The van der Waals surface area contributed by atoms with E-state index in [2.05, 4.69) is 0 Å². The van der Waals surface area contributed by atoms with E-state index in [4.69, 9.17) is 17.3 Å². The Labute approximate surface area is 120 Å². The molecule has 0 aromatic heterocycles. The number of hydrogen-bond donors (Lipinski definition) is 1. The molecule has 0 spiro atoms. The number of benzene rings is 1. The van der Waals surface area contributed by atoms with Gasteiger partial charge in [-0.3, -0.25) is 4.79 Å². The number of hydrogen-bond acceptors (Lipinski definition) is 2. The Morgan fingerprint density at radius 3 is 2.44 bits per heavy atom. The van der Waals surface area contributed by atoms with E-state index < -0.39 is 6.04 Å². The van der Waals surface area contributed by atoms with E-state index in [1.54, 1.807) is 11.8 Å². The van der Waals surface area contributed by atoms with Gasteiger partial charge in [0.25, 0.3) is 0 Å². The fourth-order valence-corrected chi connectivity index (χ4v) is 1.82. The first-order valence-electron chi connectivity index (χ1n) is 5.72. The average Bonchev–Trinajstić information content (AvgIpc) is 2.24. The summed E-state index contributed by atoms with van der Waals surface area (Å²) in [5, 5.41) is 0.680. The molecular weight excluding hydrogens is 271 g/mol. The molecule has 0 saturated carbocycles. The minimum Gasteiger partial charge on any atom is -0.335 e. The van der Waals surface area contributed by atoms with Gasteiger partial charge in [0, 0.05) is 17.6 Å². The summed E-state index contributed by atoms with van der Waals surface area (Å²) < 4.78 is 0. The van der Waals surface area contributed by atoms with Crippen LogP contribution in [0.5, 0.6) is 0 Å². The monoisotopic (exact) mass is 290 g/mol. The number of carbonyl (C=O) groups is 1. The van der Waals surface area contributed by atoms with Crippen LogP contribution in [-0.4, -0.2) is 22.9 Å². The highest BCUT2D eigenvalue weighted by Crippen LogP contribution is 2.14. The maximum Gasteiger partial charge on any atom is 0.239 e. The van der Waals surface area contributed by atoms with Gasteiger partial charge in [-0.2, -0.15) is 0 Å². The van der Waals surface area contributed by atoms with Gasteiger partial charge in [0.05, 0.1) is 6.04 Å². The number of nitrogens with two attached hydrogens (primary N) is 1. The van der Waals surface area contributed by atoms with Crippen LogP contribution in [0.25, 0.3) is 0 Å². The summed E-state index contributed by atoms with van der Waals surface area (Å²) in [4.78, 5) is 13.7. The van der Waals surface area contributed by atoms with Crippen LogP contribution < -0.4 is 5.73 Å². The van der Waals surface area contributed by atoms with Gasteiger partial charge in [-0.1, -0.05) is 23.7 Å².